The number of carbonyl (C=O) groups is 2. The fourth-order valence-electron chi connectivity index (χ4n) is 3.14. The summed E-state index contributed by atoms with van der Waals surface area (Å²) in [4.78, 5) is 27.1. The molecular weight excluding hydrogens is 407 g/mol. The van der Waals surface area contributed by atoms with Crippen molar-refractivity contribution in [1.29, 1.82) is 0 Å². The maximum atomic E-state index is 14.3. The van der Waals surface area contributed by atoms with Crippen LogP contribution in [0.5, 0.6) is 5.75 Å². The van der Waals surface area contributed by atoms with Gasteiger partial charge in [-0.3, -0.25) is 9.59 Å². The third kappa shape index (κ3) is 7.08. The predicted molar refractivity (Wildman–Crippen MR) is 125 cm³/mol. The maximum absolute atomic E-state index is 14.3. The molecule has 0 unspecified atom stereocenters. The fourth-order valence-corrected chi connectivity index (χ4v) is 3.14. The first-order valence-electron chi connectivity index (χ1n) is 11.1. The summed E-state index contributed by atoms with van der Waals surface area (Å²) in [5, 5.41) is 2.89. The van der Waals surface area contributed by atoms with E-state index in [1.54, 1.807) is 25.1 Å². The van der Waals surface area contributed by atoms with Gasteiger partial charge in [0.25, 0.3) is 5.91 Å². The molecule has 174 valence electrons. The van der Waals surface area contributed by atoms with E-state index in [1.165, 1.54) is 11.0 Å². The monoisotopic (exact) mass is 442 g/mol. The number of benzene rings is 2. The number of hydrogen-bond donors (Lipinski definition) is 1. The van der Waals surface area contributed by atoms with Crippen LogP contribution in [0.15, 0.2) is 48.5 Å². The number of amides is 2. The Balaban J connectivity index is 2.15. The number of ether oxygens (including phenoxy) is 1. The Bertz CT molecular complexity index is 906. The molecular formula is C26H35FN2O3. The molecule has 0 bridgehead atoms. The molecule has 0 aliphatic rings. The van der Waals surface area contributed by atoms with Gasteiger partial charge in [0.1, 0.15) is 17.6 Å². The molecule has 0 spiro atoms. The molecule has 32 heavy (non-hydrogen) atoms. The summed E-state index contributed by atoms with van der Waals surface area (Å²) in [6.07, 6.45) is 0.771. The highest BCUT2D eigenvalue weighted by atomic mass is 19.1. The molecule has 0 aliphatic heterocycles. The van der Waals surface area contributed by atoms with Gasteiger partial charge in [-0.15, -0.1) is 0 Å². The third-order valence-corrected chi connectivity index (χ3v) is 5.55. The molecule has 5 nitrogen and oxygen atoms in total. The maximum Gasteiger partial charge on any atom is 0.261 e. The SMILES string of the molecule is CC[C@@H](C)NC(=O)[C@@H](C)N(Cc1ccccc1F)C(=O)COc1ccc(C(C)(C)C)cc1. The Hall–Kier alpha value is -2.89. The molecule has 2 aromatic carbocycles. The van der Waals surface area contributed by atoms with Crippen LogP contribution in [0.25, 0.3) is 0 Å². The van der Waals surface area contributed by atoms with Gasteiger partial charge in [-0.25, -0.2) is 4.39 Å². The average molecular weight is 443 g/mol. The lowest BCUT2D eigenvalue weighted by Crippen LogP contribution is -2.50. The largest absolute Gasteiger partial charge is 0.484 e. The minimum Gasteiger partial charge on any atom is -0.484 e. The van der Waals surface area contributed by atoms with Crippen molar-refractivity contribution >= 4 is 11.8 Å². The van der Waals surface area contributed by atoms with Gasteiger partial charge in [0.05, 0.1) is 0 Å². The Morgan fingerprint density at radius 1 is 1.06 bits per heavy atom. The zero-order chi connectivity index (χ0) is 23.9. The Kier molecular flexibility index (Phi) is 8.81. The molecule has 0 aromatic heterocycles. The fraction of sp³-hybridized carbons (Fsp3) is 0.462. The number of rotatable bonds is 9. The molecule has 0 fully saturated rings. The van der Waals surface area contributed by atoms with Crippen molar-refractivity contribution in [2.75, 3.05) is 6.61 Å². The van der Waals surface area contributed by atoms with E-state index in [1.807, 2.05) is 38.1 Å². The molecule has 6 heteroatoms. The van der Waals surface area contributed by atoms with Gasteiger partial charge in [-0.1, -0.05) is 58.0 Å². The van der Waals surface area contributed by atoms with Crippen LogP contribution in [-0.4, -0.2) is 35.4 Å². The summed E-state index contributed by atoms with van der Waals surface area (Å²) >= 11 is 0. The molecule has 2 rings (SSSR count). The van der Waals surface area contributed by atoms with Crippen molar-refractivity contribution in [3.63, 3.8) is 0 Å². The van der Waals surface area contributed by atoms with Crippen molar-refractivity contribution < 1.29 is 18.7 Å². The zero-order valence-electron chi connectivity index (χ0n) is 19.9. The van der Waals surface area contributed by atoms with Gasteiger partial charge >= 0.3 is 0 Å². The van der Waals surface area contributed by atoms with Gasteiger partial charge < -0.3 is 15.0 Å². The van der Waals surface area contributed by atoms with E-state index < -0.39 is 11.9 Å². The molecule has 0 radical (unpaired) electrons. The summed E-state index contributed by atoms with van der Waals surface area (Å²) in [6, 6.07) is 13.1. The minimum atomic E-state index is -0.775. The van der Waals surface area contributed by atoms with Crippen LogP contribution in [0.2, 0.25) is 0 Å². The lowest BCUT2D eigenvalue weighted by atomic mass is 9.87. The van der Waals surface area contributed by atoms with Crippen LogP contribution in [0, 0.1) is 5.82 Å². The first-order chi connectivity index (χ1) is 15.0. The number of nitrogens with one attached hydrogen (secondary N) is 1. The van der Waals surface area contributed by atoms with Crippen LogP contribution >= 0.6 is 0 Å². The van der Waals surface area contributed by atoms with Gasteiger partial charge in [0.2, 0.25) is 5.91 Å². The molecule has 0 saturated heterocycles. The zero-order valence-corrected chi connectivity index (χ0v) is 19.9. The lowest BCUT2D eigenvalue weighted by molar-refractivity contribution is -0.142. The second kappa shape index (κ2) is 11.1. The van der Waals surface area contributed by atoms with E-state index in [0.29, 0.717) is 11.3 Å². The average Bonchev–Trinajstić information content (AvgIpc) is 2.76. The number of carbonyl (C=O) groups excluding carboxylic acids is 2. The number of hydrogen-bond acceptors (Lipinski definition) is 3. The second-order valence-electron chi connectivity index (χ2n) is 9.17. The quantitative estimate of drug-likeness (QED) is 0.605. The molecule has 2 atom stereocenters. The van der Waals surface area contributed by atoms with Crippen LogP contribution in [0.3, 0.4) is 0 Å². The highest BCUT2D eigenvalue weighted by Crippen LogP contribution is 2.24. The standard InChI is InChI=1S/C26H35FN2O3/c1-7-18(2)28-25(31)19(3)29(16-20-10-8-9-11-23(20)27)24(30)17-32-22-14-12-21(13-15-22)26(4,5)6/h8-15,18-19H,7,16-17H2,1-6H3,(H,28,31)/t18-,19-/m1/s1. The normalized spacial score (nSPS) is 13.2. The molecule has 0 saturated carbocycles. The molecule has 0 aliphatic carbocycles. The van der Waals surface area contributed by atoms with Crippen molar-refractivity contribution in [2.45, 2.75) is 72.0 Å². The molecule has 1 N–H and O–H groups in total. The topological polar surface area (TPSA) is 58.6 Å². The third-order valence-electron chi connectivity index (χ3n) is 5.55. The van der Waals surface area contributed by atoms with Crippen LogP contribution in [-0.2, 0) is 21.5 Å². The lowest BCUT2D eigenvalue weighted by Gasteiger charge is -2.29. The Morgan fingerprint density at radius 3 is 2.25 bits per heavy atom. The van der Waals surface area contributed by atoms with E-state index >= 15 is 0 Å². The first-order valence-corrected chi connectivity index (χ1v) is 11.1. The summed E-state index contributed by atoms with van der Waals surface area (Å²) in [5.41, 5.74) is 1.52. The van der Waals surface area contributed by atoms with Gasteiger partial charge in [-0.2, -0.15) is 0 Å². The van der Waals surface area contributed by atoms with Crippen LogP contribution in [0.1, 0.15) is 59.1 Å². The number of halogens is 1. The van der Waals surface area contributed by atoms with Crippen molar-refractivity contribution in [2.24, 2.45) is 0 Å². The Morgan fingerprint density at radius 2 is 1.69 bits per heavy atom. The molecule has 2 amide bonds. The smallest absolute Gasteiger partial charge is 0.261 e. The van der Waals surface area contributed by atoms with Crippen molar-refractivity contribution in [3.8, 4) is 5.75 Å². The molecule has 0 heterocycles. The summed E-state index contributed by atoms with van der Waals surface area (Å²) < 4.78 is 20.0. The van der Waals surface area contributed by atoms with Crippen molar-refractivity contribution in [3.05, 3.63) is 65.5 Å². The van der Waals surface area contributed by atoms with E-state index in [4.69, 9.17) is 4.74 Å². The number of nitrogens with zero attached hydrogens (tertiary/aromatic N) is 1. The Labute approximate surface area is 191 Å². The van der Waals surface area contributed by atoms with Crippen LogP contribution < -0.4 is 10.1 Å². The van der Waals surface area contributed by atoms with E-state index in [9.17, 15) is 14.0 Å². The van der Waals surface area contributed by atoms with Gasteiger partial charge in [0, 0.05) is 18.2 Å². The predicted octanol–water partition coefficient (Wildman–Crippen LogP) is 4.83. The molecule has 2 aromatic rings. The van der Waals surface area contributed by atoms with Crippen LogP contribution in [0.4, 0.5) is 4.39 Å². The van der Waals surface area contributed by atoms with E-state index in [0.717, 1.165) is 12.0 Å². The highest BCUT2D eigenvalue weighted by molar-refractivity contribution is 5.88. The minimum absolute atomic E-state index is 0.0172. The van der Waals surface area contributed by atoms with Gasteiger partial charge in [0.15, 0.2) is 6.61 Å². The summed E-state index contributed by atoms with van der Waals surface area (Å²) in [7, 11) is 0. The summed E-state index contributed by atoms with van der Waals surface area (Å²) in [6.45, 7) is 11.6. The summed E-state index contributed by atoms with van der Waals surface area (Å²) in [5.74, 6) is -0.522. The second-order valence-corrected chi connectivity index (χ2v) is 9.17. The van der Waals surface area contributed by atoms with Crippen molar-refractivity contribution in [1.82, 2.24) is 10.2 Å². The highest BCUT2D eigenvalue weighted by Gasteiger charge is 2.28. The van der Waals surface area contributed by atoms with E-state index in [2.05, 4.69) is 26.1 Å². The van der Waals surface area contributed by atoms with Gasteiger partial charge in [-0.05, 0) is 49.4 Å². The first kappa shape index (κ1) is 25.4. The van der Waals surface area contributed by atoms with E-state index in [-0.39, 0.29) is 36.4 Å².